The van der Waals surface area contributed by atoms with Crippen molar-refractivity contribution in [3.63, 3.8) is 0 Å². The van der Waals surface area contributed by atoms with E-state index in [0.717, 1.165) is 0 Å². The lowest BCUT2D eigenvalue weighted by atomic mass is 10.2. The number of anilines is 4. The first-order chi connectivity index (χ1) is 17.4. The number of nitrogens with zero attached hydrogens (tertiary/aromatic N) is 4. The van der Waals surface area contributed by atoms with Gasteiger partial charge in [-0.2, -0.15) is 10.1 Å². The van der Waals surface area contributed by atoms with E-state index in [1.54, 1.807) is 0 Å². The van der Waals surface area contributed by atoms with Gasteiger partial charge in [0, 0.05) is 13.8 Å². The van der Waals surface area contributed by atoms with Gasteiger partial charge in [-0.15, -0.1) is 0 Å². The number of hydrogen-bond acceptors (Lipinski definition) is 6. The van der Waals surface area contributed by atoms with Gasteiger partial charge in [0.15, 0.2) is 13.1 Å². The Balaban J connectivity index is 0.00000507. The molecule has 38 heavy (non-hydrogen) atoms. The molecule has 1 aromatic heterocycles. The van der Waals surface area contributed by atoms with Gasteiger partial charge in [-0.3, -0.25) is 29.6 Å². The zero-order valence-electron chi connectivity index (χ0n) is 20.1. The molecule has 0 fully saturated rings. The normalized spacial score (nSPS) is 10.3. The van der Waals surface area contributed by atoms with E-state index >= 15 is 0 Å². The van der Waals surface area contributed by atoms with Gasteiger partial charge in [-0.1, -0.05) is 23.2 Å². The highest BCUT2D eigenvalue weighted by Crippen LogP contribution is 2.28. The average Bonchev–Trinajstić information content (AvgIpc) is 3.26. The maximum absolute atomic E-state index is 12.5. The maximum atomic E-state index is 12.5. The molecule has 0 atom stereocenters. The van der Waals surface area contributed by atoms with Crippen LogP contribution in [0.25, 0.3) is 0 Å². The van der Waals surface area contributed by atoms with Crippen LogP contribution in [0.2, 0.25) is 10.0 Å². The van der Waals surface area contributed by atoms with Crippen LogP contribution in [0.1, 0.15) is 13.8 Å². The zero-order valence-corrected chi connectivity index (χ0v) is 22.3. The predicted octanol–water partition coefficient (Wildman–Crippen LogP) is -0.152. The molecule has 4 amide bonds. The van der Waals surface area contributed by atoms with Crippen LogP contribution < -0.4 is 37.7 Å². The van der Waals surface area contributed by atoms with E-state index in [9.17, 15) is 29.6 Å². The molecule has 0 saturated heterocycles. The van der Waals surface area contributed by atoms with E-state index < -0.39 is 11.8 Å². The lowest BCUT2D eigenvalue weighted by Gasteiger charge is -2.15. The molecule has 0 unspecified atom stereocenters. The Morgan fingerprint density at radius 2 is 1.34 bits per heavy atom. The molecule has 4 N–H and O–H groups in total. The Labute approximate surface area is 233 Å². The third-order valence-electron chi connectivity index (χ3n) is 4.87. The molecule has 0 aliphatic carbocycles. The van der Waals surface area contributed by atoms with E-state index in [1.165, 1.54) is 78.1 Å². The van der Waals surface area contributed by atoms with Crippen LogP contribution >= 0.6 is 23.2 Å². The highest BCUT2D eigenvalue weighted by molar-refractivity contribution is 6.34. The van der Waals surface area contributed by atoms with Crippen molar-refractivity contribution >= 4 is 69.6 Å². The number of aromatic nitrogens is 2. The van der Waals surface area contributed by atoms with Crippen molar-refractivity contribution in [3.8, 4) is 0 Å². The van der Waals surface area contributed by atoms with Crippen LogP contribution in [0.3, 0.4) is 0 Å². The monoisotopic (exact) mass is 584 g/mol. The Morgan fingerprint density at radius 1 is 0.868 bits per heavy atom. The smallest absolute Gasteiger partial charge is 0.292 e. The third kappa shape index (κ3) is 7.91. The molecule has 202 valence electrons. The average molecular weight is 586 g/mol. The van der Waals surface area contributed by atoms with E-state index in [0.29, 0.717) is 21.5 Å². The fourth-order valence-corrected chi connectivity index (χ4v) is 3.66. The van der Waals surface area contributed by atoms with Crippen LogP contribution in [-0.2, 0) is 32.3 Å². The van der Waals surface area contributed by atoms with Gasteiger partial charge in [0.2, 0.25) is 18.1 Å². The van der Waals surface area contributed by atoms with Crippen LogP contribution in [0, 0.1) is 0 Å². The second kappa shape index (κ2) is 13.2. The van der Waals surface area contributed by atoms with Crippen molar-refractivity contribution in [2.75, 3.05) is 20.8 Å². The molecule has 3 rings (SSSR count). The lowest BCUT2D eigenvalue weighted by molar-refractivity contribution is -0.683. The van der Waals surface area contributed by atoms with E-state index in [4.69, 9.17) is 23.2 Å². The molecule has 2 aromatic carbocycles. The minimum absolute atomic E-state index is 0. The summed E-state index contributed by atoms with van der Waals surface area (Å²) in [4.78, 5) is 47.4. The number of rotatable bonds is 8. The Bertz CT molecular complexity index is 1270. The summed E-state index contributed by atoms with van der Waals surface area (Å²) < 4.78 is 2.85. The summed E-state index contributed by atoms with van der Waals surface area (Å²) in [5, 5.41) is 26.7. The summed E-state index contributed by atoms with van der Waals surface area (Å²) >= 11 is 12.2. The van der Waals surface area contributed by atoms with Gasteiger partial charge >= 0.3 is 0 Å². The zero-order chi connectivity index (χ0) is 27.3. The molecular formula is C23H23Cl3N6O6. The number of imidazole rings is 1. The molecular weight excluding hydrogens is 563 g/mol. The van der Waals surface area contributed by atoms with Crippen LogP contribution in [0.15, 0.2) is 55.1 Å². The molecule has 0 aliphatic rings. The van der Waals surface area contributed by atoms with Crippen LogP contribution in [0.4, 0.5) is 22.7 Å². The largest absolute Gasteiger partial charge is 1.00 e. The summed E-state index contributed by atoms with van der Waals surface area (Å²) in [5.41, 5.74) is 0.856. The Hall–Kier alpha value is -3.68. The highest BCUT2D eigenvalue weighted by atomic mass is 35.5. The van der Waals surface area contributed by atoms with Crippen molar-refractivity contribution < 1.29 is 46.6 Å². The minimum atomic E-state index is -0.699. The maximum Gasteiger partial charge on any atom is 0.292 e. The van der Waals surface area contributed by atoms with Gasteiger partial charge in [0.05, 0.1) is 32.8 Å². The summed E-state index contributed by atoms with van der Waals surface area (Å²) in [5.74, 6) is -2.04. The van der Waals surface area contributed by atoms with Crippen molar-refractivity contribution in [1.82, 2.24) is 4.57 Å². The molecule has 12 nitrogen and oxygen atoms in total. The topological polar surface area (TPSA) is 148 Å². The highest BCUT2D eigenvalue weighted by Gasteiger charge is 2.21. The summed E-state index contributed by atoms with van der Waals surface area (Å²) in [6.07, 6.45) is 4.45. The molecule has 1 heterocycles. The summed E-state index contributed by atoms with van der Waals surface area (Å²) in [6.45, 7) is 2.10. The SMILES string of the molecule is CC(=O)Nc1ccc(N(O)C(=O)Cn2cc[n+](CC(=O)N(O)c3ccc(NC(C)=O)c(Cl)c3)c2)cc1Cl.[Cl-]. The number of halogens is 3. The van der Waals surface area contributed by atoms with Gasteiger partial charge in [-0.05, 0) is 36.4 Å². The quantitative estimate of drug-likeness (QED) is 0.164. The number of hydroxylamine groups is 2. The number of carbonyl (C=O) groups is 4. The Kier molecular flexibility index (Phi) is 10.6. The lowest BCUT2D eigenvalue weighted by Crippen LogP contribution is -3.00. The summed E-state index contributed by atoms with van der Waals surface area (Å²) in [7, 11) is 0. The first-order valence-corrected chi connectivity index (χ1v) is 11.4. The van der Waals surface area contributed by atoms with Gasteiger partial charge in [-0.25, -0.2) is 9.13 Å². The van der Waals surface area contributed by atoms with E-state index in [-0.39, 0.29) is 58.7 Å². The first-order valence-electron chi connectivity index (χ1n) is 10.7. The van der Waals surface area contributed by atoms with E-state index in [2.05, 4.69) is 10.6 Å². The number of amides is 4. The van der Waals surface area contributed by atoms with Gasteiger partial charge in [0.1, 0.15) is 12.4 Å². The minimum Gasteiger partial charge on any atom is -1.00 e. The molecule has 15 heteroatoms. The van der Waals surface area contributed by atoms with Crippen molar-refractivity contribution in [2.45, 2.75) is 26.9 Å². The third-order valence-corrected chi connectivity index (χ3v) is 5.50. The van der Waals surface area contributed by atoms with Crippen molar-refractivity contribution in [3.05, 3.63) is 65.2 Å². The van der Waals surface area contributed by atoms with E-state index in [1.807, 2.05) is 0 Å². The number of hydrogen-bond donors (Lipinski definition) is 4. The first kappa shape index (κ1) is 30.5. The second-order valence-corrected chi connectivity index (χ2v) is 8.67. The standard InChI is InChI=1S/C23H22Cl2N6O6.ClH/c1-14(32)26-20-5-3-16(9-18(20)24)30(36)22(34)11-28-7-8-29(13-28)12-23(35)31(37)17-4-6-21(19(25)10-17)27-15(2)33;/h3-10,13,36-37H,11-12H2,1-2H3,(H-,26,27,32,33);1H. The molecule has 0 bridgehead atoms. The number of carbonyl (C=O) groups excluding carboxylic acids is 4. The van der Waals surface area contributed by atoms with Crippen LogP contribution in [0.5, 0.6) is 0 Å². The number of nitrogens with one attached hydrogen (secondary N) is 2. The molecule has 3 aromatic rings. The Morgan fingerprint density at radius 3 is 1.79 bits per heavy atom. The summed E-state index contributed by atoms with van der Waals surface area (Å²) in [6, 6.07) is 8.37. The fraction of sp³-hybridized carbons (Fsp3) is 0.174. The van der Waals surface area contributed by atoms with Crippen molar-refractivity contribution in [1.29, 1.82) is 0 Å². The van der Waals surface area contributed by atoms with Crippen LogP contribution in [-0.4, -0.2) is 38.6 Å². The second-order valence-electron chi connectivity index (χ2n) is 7.86. The van der Waals surface area contributed by atoms with Gasteiger partial charge < -0.3 is 23.0 Å². The molecule has 0 spiro atoms. The van der Waals surface area contributed by atoms with Crippen molar-refractivity contribution in [2.24, 2.45) is 0 Å². The fourth-order valence-electron chi connectivity index (χ4n) is 3.21. The van der Waals surface area contributed by atoms with Gasteiger partial charge in [0.25, 0.3) is 11.8 Å². The molecule has 0 radical (unpaired) electrons. The molecule has 0 saturated carbocycles. The number of benzene rings is 2. The predicted molar refractivity (Wildman–Crippen MR) is 135 cm³/mol. The molecule has 0 aliphatic heterocycles.